The normalized spacial score (nSPS) is 10.6. The number of hydrogen-bond acceptors (Lipinski definition) is 6. The molecule has 1 aromatic carbocycles. The number of carbonyl (C=O) groups is 1. The number of amides is 1. The molecule has 2 heterocycles. The van der Waals surface area contributed by atoms with E-state index in [4.69, 9.17) is 15.0 Å². The zero-order valence-electron chi connectivity index (χ0n) is 12.7. The fourth-order valence-electron chi connectivity index (χ4n) is 2.15. The van der Waals surface area contributed by atoms with Gasteiger partial charge in [-0.05, 0) is 45.8 Å². The maximum absolute atomic E-state index is 12.5. The van der Waals surface area contributed by atoms with E-state index in [2.05, 4.69) is 26.4 Å². The third kappa shape index (κ3) is 3.44. The number of nitrogen functional groups attached to an aromatic ring is 1. The maximum Gasteiger partial charge on any atom is 0.259 e. The van der Waals surface area contributed by atoms with Crippen LogP contribution < -0.4 is 15.8 Å². The molecule has 3 N–H and O–H groups in total. The lowest BCUT2D eigenvalue weighted by molar-refractivity contribution is 0.0952. The summed E-state index contributed by atoms with van der Waals surface area (Å²) in [5.74, 6) is 0.435. The van der Waals surface area contributed by atoms with Gasteiger partial charge in [0, 0.05) is 6.54 Å². The zero-order valence-corrected chi connectivity index (χ0v) is 15.1. The Kier molecular flexibility index (Phi) is 4.86. The predicted molar refractivity (Wildman–Crippen MR) is 96.1 cm³/mol. The van der Waals surface area contributed by atoms with E-state index < -0.39 is 0 Å². The molecule has 0 atom stereocenters. The summed E-state index contributed by atoms with van der Waals surface area (Å²) in [6.45, 7) is 0.362. The lowest BCUT2D eigenvalue weighted by atomic mass is 10.1. The lowest BCUT2D eigenvalue weighted by Crippen LogP contribution is -2.23. The second-order valence-corrected chi connectivity index (χ2v) is 7.37. The molecule has 8 heteroatoms. The van der Waals surface area contributed by atoms with Crippen LogP contribution in [0.5, 0.6) is 5.75 Å². The maximum atomic E-state index is 12.5. The molecule has 3 aromatic rings. The molecule has 0 saturated heterocycles. The summed E-state index contributed by atoms with van der Waals surface area (Å²) in [6, 6.07) is 11.2. The van der Waals surface area contributed by atoms with E-state index in [0.717, 1.165) is 20.0 Å². The number of nitrogens with two attached hydrogens (primary N) is 1. The number of nitrogens with zero attached hydrogens (tertiary/aromatic N) is 1. The van der Waals surface area contributed by atoms with Crippen molar-refractivity contribution in [3.8, 4) is 16.3 Å². The largest absolute Gasteiger partial charge is 0.497 e. The monoisotopic (exact) mass is 407 g/mol. The van der Waals surface area contributed by atoms with Crippen molar-refractivity contribution in [1.29, 1.82) is 0 Å². The summed E-state index contributed by atoms with van der Waals surface area (Å²) in [5.41, 5.74) is 7.41. The Hall–Kier alpha value is -2.32. The van der Waals surface area contributed by atoms with Gasteiger partial charge in [-0.3, -0.25) is 4.79 Å². The van der Waals surface area contributed by atoms with Gasteiger partial charge in [-0.1, -0.05) is 17.3 Å². The summed E-state index contributed by atoms with van der Waals surface area (Å²) >= 11 is 4.84. The van der Waals surface area contributed by atoms with E-state index in [1.807, 2.05) is 36.4 Å². The van der Waals surface area contributed by atoms with Gasteiger partial charge in [0.2, 0.25) is 5.88 Å². The highest BCUT2D eigenvalue weighted by atomic mass is 79.9. The molecule has 0 saturated carbocycles. The molecule has 0 spiro atoms. The van der Waals surface area contributed by atoms with Gasteiger partial charge in [-0.25, -0.2) is 0 Å². The first-order valence-corrected chi connectivity index (χ1v) is 8.61. The molecule has 124 valence electrons. The fraction of sp³-hybridized carbons (Fsp3) is 0.125. The minimum Gasteiger partial charge on any atom is -0.497 e. The minimum atomic E-state index is -0.330. The second kappa shape index (κ2) is 7.06. The first-order chi connectivity index (χ1) is 11.6. The number of carbonyl (C=O) groups excluding carboxylic acids is 1. The molecule has 24 heavy (non-hydrogen) atoms. The number of methoxy groups -OCH3 is 1. The predicted octanol–water partition coefficient (Wildman–Crippen LogP) is 3.69. The molecule has 0 fully saturated rings. The first-order valence-electron chi connectivity index (χ1n) is 7.00. The molecule has 0 unspecified atom stereocenters. The molecule has 0 aliphatic rings. The zero-order chi connectivity index (χ0) is 17.1. The van der Waals surface area contributed by atoms with Crippen molar-refractivity contribution >= 4 is 39.1 Å². The van der Waals surface area contributed by atoms with E-state index in [1.54, 1.807) is 7.11 Å². The van der Waals surface area contributed by atoms with Crippen LogP contribution in [0.25, 0.3) is 10.6 Å². The standard InChI is InChI=1S/C16H14BrN3O3S/c1-22-10-4-2-9(3-5-10)8-19-16(21)13-14(20-23-15(13)18)11-6-7-12(17)24-11/h2-7H,8,18H2,1H3,(H,19,21). The smallest absolute Gasteiger partial charge is 0.259 e. The third-order valence-corrected chi connectivity index (χ3v) is 4.99. The van der Waals surface area contributed by atoms with Crippen LogP contribution in [0.4, 0.5) is 5.88 Å². The Morgan fingerprint density at radius 1 is 1.33 bits per heavy atom. The van der Waals surface area contributed by atoms with Crippen molar-refractivity contribution in [3.63, 3.8) is 0 Å². The Morgan fingerprint density at radius 2 is 2.08 bits per heavy atom. The number of hydrogen-bond donors (Lipinski definition) is 2. The van der Waals surface area contributed by atoms with Crippen LogP contribution in [-0.2, 0) is 6.54 Å². The molecular weight excluding hydrogens is 394 g/mol. The van der Waals surface area contributed by atoms with Crippen LogP contribution in [0.3, 0.4) is 0 Å². The van der Waals surface area contributed by atoms with Gasteiger partial charge in [-0.2, -0.15) is 0 Å². The number of halogens is 1. The van der Waals surface area contributed by atoms with Crippen LogP contribution in [0.2, 0.25) is 0 Å². The van der Waals surface area contributed by atoms with Gasteiger partial charge in [0.15, 0.2) is 0 Å². The highest BCUT2D eigenvalue weighted by Crippen LogP contribution is 2.34. The highest BCUT2D eigenvalue weighted by molar-refractivity contribution is 9.11. The average Bonchev–Trinajstić information content (AvgIpc) is 3.18. The molecule has 0 aliphatic carbocycles. The number of thiophene rings is 1. The van der Waals surface area contributed by atoms with Crippen LogP contribution in [0, 0.1) is 0 Å². The van der Waals surface area contributed by atoms with Crippen molar-refractivity contribution in [1.82, 2.24) is 10.5 Å². The average molecular weight is 408 g/mol. The van der Waals surface area contributed by atoms with Crippen molar-refractivity contribution in [2.45, 2.75) is 6.54 Å². The van der Waals surface area contributed by atoms with Crippen molar-refractivity contribution in [2.75, 3.05) is 12.8 Å². The van der Waals surface area contributed by atoms with Crippen LogP contribution >= 0.6 is 27.3 Å². The molecule has 6 nitrogen and oxygen atoms in total. The summed E-state index contributed by atoms with van der Waals surface area (Å²) in [7, 11) is 1.61. The van der Waals surface area contributed by atoms with E-state index >= 15 is 0 Å². The number of anilines is 1. The Labute approximate surface area is 150 Å². The summed E-state index contributed by atoms with van der Waals surface area (Å²) < 4.78 is 11.0. The van der Waals surface area contributed by atoms with Gasteiger partial charge >= 0.3 is 0 Å². The van der Waals surface area contributed by atoms with Crippen LogP contribution in [0.15, 0.2) is 44.7 Å². The summed E-state index contributed by atoms with van der Waals surface area (Å²) in [4.78, 5) is 13.3. The van der Waals surface area contributed by atoms with E-state index in [0.29, 0.717) is 12.2 Å². The Morgan fingerprint density at radius 3 is 2.71 bits per heavy atom. The SMILES string of the molecule is COc1ccc(CNC(=O)c2c(-c3ccc(Br)s3)noc2N)cc1. The third-order valence-electron chi connectivity index (χ3n) is 3.36. The van der Waals surface area contributed by atoms with Crippen molar-refractivity contribution in [3.05, 3.63) is 51.3 Å². The fourth-order valence-corrected chi connectivity index (χ4v) is 3.52. The van der Waals surface area contributed by atoms with Gasteiger partial charge in [-0.15, -0.1) is 11.3 Å². The van der Waals surface area contributed by atoms with Crippen molar-refractivity contribution in [2.24, 2.45) is 0 Å². The molecule has 2 aromatic heterocycles. The van der Waals surface area contributed by atoms with Gasteiger partial charge in [0.05, 0.1) is 15.8 Å². The number of nitrogens with one attached hydrogen (secondary N) is 1. The van der Waals surface area contributed by atoms with Crippen LogP contribution in [0.1, 0.15) is 15.9 Å². The molecule has 3 rings (SSSR count). The minimum absolute atomic E-state index is 0.00162. The molecule has 1 amide bonds. The van der Waals surface area contributed by atoms with Gasteiger partial charge in [0.25, 0.3) is 5.91 Å². The summed E-state index contributed by atoms with van der Waals surface area (Å²) in [6.07, 6.45) is 0. The van der Waals surface area contributed by atoms with Crippen molar-refractivity contribution < 1.29 is 14.1 Å². The second-order valence-electron chi connectivity index (χ2n) is 4.90. The van der Waals surface area contributed by atoms with E-state index in [1.165, 1.54) is 11.3 Å². The highest BCUT2D eigenvalue weighted by Gasteiger charge is 2.23. The topological polar surface area (TPSA) is 90.4 Å². The molecular formula is C16H14BrN3O3S. The number of rotatable bonds is 5. The quantitative estimate of drug-likeness (QED) is 0.672. The van der Waals surface area contributed by atoms with E-state index in [-0.39, 0.29) is 17.4 Å². The lowest BCUT2D eigenvalue weighted by Gasteiger charge is -2.06. The Bertz CT molecular complexity index is 858. The molecule has 0 bridgehead atoms. The molecule has 0 radical (unpaired) electrons. The number of benzene rings is 1. The number of aromatic nitrogens is 1. The summed E-state index contributed by atoms with van der Waals surface area (Å²) in [5, 5.41) is 6.74. The van der Waals surface area contributed by atoms with E-state index in [9.17, 15) is 4.79 Å². The van der Waals surface area contributed by atoms with Gasteiger partial charge < -0.3 is 20.3 Å². The number of ether oxygens (including phenoxy) is 1. The van der Waals surface area contributed by atoms with Gasteiger partial charge in [0.1, 0.15) is 17.0 Å². The molecule has 0 aliphatic heterocycles. The van der Waals surface area contributed by atoms with Crippen LogP contribution in [-0.4, -0.2) is 18.2 Å². The first kappa shape index (κ1) is 16.5. The Balaban J connectivity index is 1.76.